The highest BCUT2D eigenvalue weighted by molar-refractivity contribution is 7.15. The summed E-state index contributed by atoms with van der Waals surface area (Å²) < 4.78 is 10.9. The van der Waals surface area contributed by atoms with E-state index in [2.05, 4.69) is 41.3 Å². The Bertz CT molecular complexity index is 910. The van der Waals surface area contributed by atoms with E-state index >= 15 is 0 Å². The molecule has 0 bridgehead atoms. The van der Waals surface area contributed by atoms with Gasteiger partial charge in [-0.05, 0) is 24.3 Å². The van der Waals surface area contributed by atoms with E-state index in [0.717, 1.165) is 16.3 Å². The SMILES string of the molecule is COc1ccc(-c2cnc(CCC(=O)Nc3nnc(C(C)(C)C)s3)o2)cc1. The number of hydrogen-bond donors (Lipinski definition) is 1. The van der Waals surface area contributed by atoms with Crippen LogP contribution in [0.1, 0.15) is 38.1 Å². The van der Waals surface area contributed by atoms with Gasteiger partial charge >= 0.3 is 0 Å². The summed E-state index contributed by atoms with van der Waals surface area (Å²) in [6.07, 6.45) is 2.33. The molecule has 0 aliphatic rings. The van der Waals surface area contributed by atoms with Crippen molar-refractivity contribution < 1.29 is 13.9 Å². The second kappa shape index (κ2) is 7.87. The van der Waals surface area contributed by atoms with Crippen molar-refractivity contribution in [2.45, 2.75) is 39.0 Å². The van der Waals surface area contributed by atoms with Crippen LogP contribution in [0.3, 0.4) is 0 Å². The van der Waals surface area contributed by atoms with Gasteiger partial charge < -0.3 is 14.5 Å². The lowest BCUT2D eigenvalue weighted by atomic mass is 9.98. The third kappa shape index (κ3) is 4.91. The van der Waals surface area contributed by atoms with Gasteiger partial charge in [-0.25, -0.2) is 4.98 Å². The van der Waals surface area contributed by atoms with E-state index < -0.39 is 0 Å². The fraction of sp³-hybridized carbons (Fsp3) is 0.368. The van der Waals surface area contributed by atoms with E-state index in [1.807, 2.05) is 24.3 Å². The Kier molecular flexibility index (Phi) is 5.55. The number of carbonyl (C=O) groups is 1. The minimum atomic E-state index is -0.143. The number of amides is 1. The number of aromatic nitrogens is 3. The Morgan fingerprint density at radius 1 is 1.22 bits per heavy atom. The molecule has 0 radical (unpaired) electrons. The Hall–Kier alpha value is -2.74. The van der Waals surface area contributed by atoms with Crippen molar-refractivity contribution in [3.63, 3.8) is 0 Å². The topological polar surface area (TPSA) is 90.1 Å². The molecule has 2 heterocycles. The molecule has 0 unspecified atom stereocenters. The maximum atomic E-state index is 12.1. The molecule has 0 atom stereocenters. The molecule has 2 aromatic heterocycles. The monoisotopic (exact) mass is 386 g/mol. The second-order valence-electron chi connectivity index (χ2n) is 7.06. The van der Waals surface area contributed by atoms with Crippen molar-refractivity contribution in [3.05, 3.63) is 41.4 Å². The summed E-state index contributed by atoms with van der Waals surface area (Å²) in [6, 6.07) is 7.52. The Morgan fingerprint density at radius 2 is 1.96 bits per heavy atom. The maximum Gasteiger partial charge on any atom is 0.226 e. The predicted octanol–water partition coefficient (Wildman–Crippen LogP) is 4.07. The van der Waals surface area contributed by atoms with Gasteiger partial charge in [-0.2, -0.15) is 0 Å². The van der Waals surface area contributed by atoms with Gasteiger partial charge in [0.2, 0.25) is 11.0 Å². The number of nitrogens with one attached hydrogen (secondary N) is 1. The number of oxazole rings is 1. The predicted molar refractivity (Wildman–Crippen MR) is 104 cm³/mol. The van der Waals surface area contributed by atoms with Gasteiger partial charge in [0, 0.05) is 23.8 Å². The summed E-state index contributed by atoms with van der Waals surface area (Å²) >= 11 is 1.39. The lowest BCUT2D eigenvalue weighted by molar-refractivity contribution is -0.116. The quantitative estimate of drug-likeness (QED) is 0.687. The largest absolute Gasteiger partial charge is 0.497 e. The first-order valence-electron chi connectivity index (χ1n) is 8.58. The first-order chi connectivity index (χ1) is 12.8. The van der Waals surface area contributed by atoms with Crippen molar-refractivity contribution in [2.75, 3.05) is 12.4 Å². The third-order valence-electron chi connectivity index (χ3n) is 3.81. The van der Waals surface area contributed by atoms with E-state index in [9.17, 15) is 4.79 Å². The molecule has 1 N–H and O–H groups in total. The number of carbonyl (C=O) groups excluding carboxylic acids is 1. The van der Waals surface area contributed by atoms with E-state index in [0.29, 0.717) is 23.2 Å². The summed E-state index contributed by atoms with van der Waals surface area (Å²) in [4.78, 5) is 16.4. The van der Waals surface area contributed by atoms with Crippen LogP contribution in [0.2, 0.25) is 0 Å². The van der Waals surface area contributed by atoms with E-state index in [4.69, 9.17) is 9.15 Å². The zero-order valence-electron chi connectivity index (χ0n) is 15.8. The standard InChI is InChI=1S/C19H22N4O3S/c1-19(2,3)17-22-23-18(27-17)21-15(24)9-10-16-20-11-14(26-16)12-5-7-13(25-4)8-6-12/h5-8,11H,9-10H2,1-4H3,(H,21,23,24). The minimum Gasteiger partial charge on any atom is -0.497 e. The van der Waals surface area contributed by atoms with Crippen LogP contribution in [0.5, 0.6) is 5.75 Å². The molecule has 0 saturated carbocycles. The Balaban J connectivity index is 1.54. The molecule has 8 heteroatoms. The fourth-order valence-corrected chi connectivity index (χ4v) is 3.11. The molecule has 0 spiro atoms. The first kappa shape index (κ1) is 19.0. The summed E-state index contributed by atoms with van der Waals surface area (Å²) in [5, 5.41) is 12.3. The number of aryl methyl sites for hydroxylation is 1. The lowest BCUT2D eigenvalue weighted by Crippen LogP contribution is -2.12. The first-order valence-corrected chi connectivity index (χ1v) is 9.40. The maximum absolute atomic E-state index is 12.1. The molecule has 1 aromatic carbocycles. The van der Waals surface area contributed by atoms with Crippen LogP contribution < -0.4 is 10.1 Å². The number of anilines is 1. The zero-order chi connectivity index (χ0) is 19.4. The van der Waals surface area contributed by atoms with Gasteiger partial charge in [0.05, 0.1) is 13.3 Å². The molecular formula is C19H22N4O3S. The third-order valence-corrected chi connectivity index (χ3v) is 5.07. The summed E-state index contributed by atoms with van der Waals surface area (Å²) in [6.45, 7) is 6.17. The minimum absolute atomic E-state index is 0.0867. The highest BCUT2D eigenvalue weighted by atomic mass is 32.1. The summed E-state index contributed by atoms with van der Waals surface area (Å²) in [7, 11) is 1.62. The fourth-order valence-electron chi connectivity index (χ4n) is 2.29. The van der Waals surface area contributed by atoms with Gasteiger partial charge in [-0.3, -0.25) is 4.79 Å². The number of ether oxygens (including phenoxy) is 1. The molecule has 0 fully saturated rings. The highest BCUT2D eigenvalue weighted by Gasteiger charge is 2.20. The van der Waals surface area contributed by atoms with Gasteiger partial charge in [-0.1, -0.05) is 32.1 Å². The average molecular weight is 386 g/mol. The molecule has 3 rings (SSSR count). The normalized spacial score (nSPS) is 11.4. The lowest BCUT2D eigenvalue weighted by Gasteiger charge is -2.12. The smallest absolute Gasteiger partial charge is 0.226 e. The van der Waals surface area contributed by atoms with E-state index in [1.54, 1.807) is 13.3 Å². The van der Waals surface area contributed by atoms with Crippen molar-refractivity contribution in [3.8, 4) is 17.1 Å². The van der Waals surface area contributed by atoms with Crippen molar-refractivity contribution >= 4 is 22.4 Å². The molecule has 1 amide bonds. The van der Waals surface area contributed by atoms with Gasteiger partial charge in [0.1, 0.15) is 10.8 Å². The molecule has 142 valence electrons. The van der Waals surface area contributed by atoms with Crippen LogP contribution in [0, 0.1) is 0 Å². The summed E-state index contributed by atoms with van der Waals surface area (Å²) in [5.74, 6) is 1.81. The number of methoxy groups -OCH3 is 1. The number of rotatable bonds is 6. The average Bonchev–Trinajstić information content (AvgIpc) is 3.29. The summed E-state index contributed by atoms with van der Waals surface area (Å²) in [5.41, 5.74) is 0.818. The molecular weight excluding hydrogens is 364 g/mol. The van der Waals surface area contributed by atoms with Crippen LogP contribution in [0.25, 0.3) is 11.3 Å². The van der Waals surface area contributed by atoms with Crippen LogP contribution in [0.15, 0.2) is 34.9 Å². The molecule has 0 aliphatic heterocycles. The molecule has 27 heavy (non-hydrogen) atoms. The van der Waals surface area contributed by atoms with Crippen LogP contribution >= 0.6 is 11.3 Å². The number of nitrogens with zero attached hydrogens (tertiary/aromatic N) is 3. The van der Waals surface area contributed by atoms with Crippen LogP contribution in [-0.4, -0.2) is 28.2 Å². The van der Waals surface area contributed by atoms with Gasteiger partial charge in [0.25, 0.3) is 0 Å². The molecule has 3 aromatic rings. The number of benzene rings is 1. The Labute approximate surface area is 161 Å². The molecule has 0 saturated heterocycles. The van der Waals surface area contributed by atoms with E-state index in [-0.39, 0.29) is 17.7 Å². The second-order valence-corrected chi connectivity index (χ2v) is 8.03. The molecule has 0 aliphatic carbocycles. The van der Waals surface area contributed by atoms with Crippen molar-refractivity contribution in [1.29, 1.82) is 0 Å². The van der Waals surface area contributed by atoms with Crippen LogP contribution in [0.4, 0.5) is 5.13 Å². The zero-order valence-corrected chi connectivity index (χ0v) is 16.6. The van der Waals surface area contributed by atoms with Crippen LogP contribution in [-0.2, 0) is 16.6 Å². The van der Waals surface area contributed by atoms with Crippen molar-refractivity contribution in [1.82, 2.24) is 15.2 Å². The van der Waals surface area contributed by atoms with Gasteiger partial charge in [0.15, 0.2) is 11.7 Å². The van der Waals surface area contributed by atoms with Crippen molar-refractivity contribution in [2.24, 2.45) is 0 Å². The van der Waals surface area contributed by atoms with E-state index in [1.165, 1.54) is 11.3 Å². The highest BCUT2D eigenvalue weighted by Crippen LogP contribution is 2.28. The molecule has 7 nitrogen and oxygen atoms in total. The Morgan fingerprint density at radius 3 is 2.59 bits per heavy atom. The van der Waals surface area contributed by atoms with Gasteiger partial charge in [-0.15, -0.1) is 10.2 Å². The number of hydrogen-bond acceptors (Lipinski definition) is 7.